The van der Waals surface area contributed by atoms with Crippen molar-refractivity contribution in [3.8, 4) is 17.2 Å². The van der Waals surface area contributed by atoms with Crippen LogP contribution in [-0.4, -0.2) is 38.3 Å². The Kier molecular flexibility index (Phi) is 14.6. The Balaban J connectivity index is 0.00000421. The fourth-order valence-electron chi connectivity index (χ4n) is 3.67. The maximum Gasteiger partial charge on any atom is 0.230 e. The van der Waals surface area contributed by atoms with E-state index >= 15 is 0 Å². The second-order valence-corrected chi connectivity index (χ2v) is 9.55. The Bertz CT molecular complexity index is 940. The number of hydrogen-bond donors (Lipinski definition) is 2. The first-order valence-electron chi connectivity index (χ1n) is 12.8. The van der Waals surface area contributed by atoms with Gasteiger partial charge in [0.25, 0.3) is 0 Å². The molecule has 204 valence electrons. The van der Waals surface area contributed by atoms with E-state index in [1.54, 1.807) is 33.5 Å². The fourth-order valence-corrected chi connectivity index (χ4v) is 4.52. The first kappa shape index (κ1) is 31.3. The Hall–Kier alpha value is -2.74. The van der Waals surface area contributed by atoms with E-state index in [4.69, 9.17) is 14.2 Å². The molecule has 0 saturated heterocycles. The van der Waals surface area contributed by atoms with Gasteiger partial charge in [0.1, 0.15) is 0 Å². The van der Waals surface area contributed by atoms with Crippen LogP contribution in [0.15, 0.2) is 30.1 Å². The van der Waals surface area contributed by atoms with E-state index in [1.807, 2.05) is 20.0 Å². The average Bonchev–Trinajstić information content (AvgIpc) is 3.34. The molecule has 0 aliphatic heterocycles. The van der Waals surface area contributed by atoms with E-state index in [0.29, 0.717) is 34.3 Å². The number of nitrogens with zero attached hydrogens (tertiary/aromatic N) is 1. The van der Waals surface area contributed by atoms with Gasteiger partial charge in [-0.05, 0) is 62.4 Å². The maximum absolute atomic E-state index is 12.6. The molecule has 2 unspecified atom stereocenters. The Labute approximate surface area is 223 Å². The summed E-state index contributed by atoms with van der Waals surface area (Å²) in [6.45, 7) is 12.8. The number of nitrogens with one attached hydrogen (secondary N) is 2. The van der Waals surface area contributed by atoms with E-state index in [-0.39, 0.29) is 13.8 Å². The number of aryl methyl sites for hydroxylation is 1. The molecule has 1 heterocycles. The van der Waals surface area contributed by atoms with Gasteiger partial charge in [0.2, 0.25) is 11.7 Å². The van der Waals surface area contributed by atoms with Crippen LogP contribution in [0.5, 0.6) is 17.2 Å². The van der Waals surface area contributed by atoms with E-state index in [1.165, 1.54) is 21.8 Å². The summed E-state index contributed by atoms with van der Waals surface area (Å²) in [6, 6.07) is 4.02. The third kappa shape index (κ3) is 9.72. The molecule has 7 nitrogen and oxygen atoms in total. The summed E-state index contributed by atoms with van der Waals surface area (Å²) in [4.78, 5) is 18.2. The van der Waals surface area contributed by atoms with Crippen LogP contribution in [0.25, 0.3) is 0 Å². The minimum Gasteiger partial charge on any atom is -0.493 e. The molecule has 2 rings (SSSR count). The summed E-state index contributed by atoms with van der Waals surface area (Å²) >= 11 is 1.53. The fraction of sp³-hybridized carbons (Fsp3) is 0.571. The molecule has 8 heteroatoms. The number of carbonyl (C=O) groups is 1. The van der Waals surface area contributed by atoms with Crippen molar-refractivity contribution in [3.05, 3.63) is 40.5 Å². The van der Waals surface area contributed by atoms with Crippen LogP contribution in [0.3, 0.4) is 0 Å². The molecule has 0 aliphatic rings. The number of rotatable bonds is 14. The number of aromatic nitrogens is 1. The number of carbonyl (C=O) groups excluding carboxylic acids is 1. The lowest BCUT2D eigenvalue weighted by Crippen LogP contribution is -2.31. The quantitative estimate of drug-likeness (QED) is 0.282. The summed E-state index contributed by atoms with van der Waals surface area (Å²) in [5.74, 6) is 1.94. The van der Waals surface area contributed by atoms with Crippen LogP contribution in [0, 0.1) is 5.92 Å². The lowest BCUT2D eigenvalue weighted by atomic mass is 9.94. The van der Waals surface area contributed by atoms with Crippen molar-refractivity contribution in [2.24, 2.45) is 5.92 Å². The minimum absolute atomic E-state index is 0. The summed E-state index contributed by atoms with van der Waals surface area (Å²) < 4.78 is 16.1. The topological polar surface area (TPSA) is 81.7 Å². The largest absolute Gasteiger partial charge is 0.493 e. The van der Waals surface area contributed by atoms with E-state index in [0.717, 1.165) is 31.2 Å². The lowest BCUT2D eigenvalue weighted by molar-refractivity contribution is -0.115. The van der Waals surface area contributed by atoms with Crippen LogP contribution >= 0.6 is 11.3 Å². The molecule has 0 fully saturated rings. The van der Waals surface area contributed by atoms with E-state index in [9.17, 15) is 4.79 Å². The molecule has 1 aromatic carbocycles. The van der Waals surface area contributed by atoms with Crippen molar-refractivity contribution < 1.29 is 20.4 Å². The number of allylic oxidation sites excluding steroid dienone is 1. The highest BCUT2D eigenvalue weighted by molar-refractivity contribution is 7.15. The summed E-state index contributed by atoms with van der Waals surface area (Å²) in [5.41, 5.74) is 2.13. The molecule has 0 saturated carbocycles. The molecule has 0 radical (unpaired) electrons. The summed E-state index contributed by atoms with van der Waals surface area (Å²) in [6.07, 6.45) is 8.34. The molecule has 1 amide bonds. The number of benzene rings is 1. The number of amides is 1. The highest BCUT2D eigenvalue weighted by Gasteiger charge is 2.17. The van der Waals surface area contributed by atoms with Crippen molar-refractivity contribution in [2.75, 3.05) is 26.6 Å². The Morgan fingerprint density at radius 3 is 2.31 bits per heavy atom. The van der Waals surface area contributed by atoms with Crippen molar-refractivity contribution >= 4 is 22.4 Å². The standard InChI is InChI=1S/C26H39N3O4S.C2H6.H2/c1-8-17(3)15-27-21(9-2)18(4)10-11-20-16-28-26(34-20)29-24(30)14-19-12-22(31-5)25(33-7)23(13-19)32-6;1-2;/h12-13,15-16,18,21,27H,8-11,14H2,1-7H3,(H,28,29,30);1-2H3;1H/b17-15+;;. The van der Waals surface area contributed by atoms with Crippen LogP contribution < -0.4 is 24.8 Å². The molecule has 0 bridgehead atoms. The number of methoxy groups -OCH3 is 3. The summed E-state index contributed by atoms with van der Waals surface area (Å²) in [5, 5.41) is 7.11. The number of ether oxygens (including phenoxy) is 3. The highest BCUT2D eigenvalue weighted by atomic mass is 32.1. The van der Waals surface area contributed by atoms with E-state index < -0.39 is 0 Å². The minimum atomic E-state index is -0.142. The SMILES string of the molecule is CC.CC/C(C)=C/NC(CC)C(C)CCc1cnc(NC(=O)Cc2cc(OC)c(OC)c(OC)c2)s1.[HH]. The molecule has 0 spiro atoms. The van der Waals surface area contributed by atoms with Gasteiger partial charge >= 0.3 is 0 Å². The van der Waals surface area contributed by atoms with Gasteiger partial charge in [-0.15, -0.1) is 11.3 Å². The monoisotopic (exact) mass is 521 g/mol. The molecular weight excluding hydrogens is 474 g/mol. The summed E-state index contributed by atoms with van der Waals surface area (Å²) in [7, 11) is 4.67. The molecule has 2 atom stereocenters. The van der Waals surface area contributed by atoms with E-state index in [2.05, 4.69) is 49.5 Å². The third-order valence-corrected chi connectivity index (χ3v) is 6.94. The van der Waals surface area contributed by atoms with Gasteiger partial charge in [-0.25, -0.2) is 4.98 Å². The molecule has 36 heavy (non-hydrogen) atoms. The van der Waals surface area contributed by atoms with Gasteiger partial charge in [-0.2, -0.15) is 0 Å². The van der Waals surface area contributed by atoms with Crippen LogP contribution in [0.1, 0.15) is 72.7 Å². The second-order valence-electron chi connectivity index (χ2n) is 8.43. The number of thiazole rings is 1. The van der Waals surface area contributed by atoms with Gasteiger partial charge < -0.3 is 24.8 Å². The van der Waals surface area contributed by atoms with Crippen molar-refractivity contribution in [2.45, 2.75) is 79.7 Å². The number of anilines is 1. The molecular formula is C28H47N3O4S. The van der Waals surface area contributed by atoms with Crippen LogP contribution in [0.2, 0.25) is 0 Å². The normalized spacial score (nSPS) is 12.6. The Morgan fingerprint density at radius 2 is 1.78 bits per heavy atom. The molecule has 2 N–H and O–H groups in total. The smallest absolute Gasteiger partial charge is 0.230 e. The second kappa shape index (κ2) is 16.8. The van der Waals surface area contributed by atoms with Gasteiger partial charge in [0, 0.05) is 18.5 Å². The van der Waals surface area contributed by atoms with Gasteiger partial charge in [0.05, 0.1) is 27.8 Å². The zero-order chi connectivity index (χ0) is 27.1. The zero-order valence-corrected chi connectivity index (χ0v) is 24.3. The first-order valence-corrected chi connectivity index (χ1v) is 13.6. The highest BCUT2D eigenvalue weighted by Crippen LogP contribution is 2.38. The average molecular weight is 522 g/mol. The predicted molar refractivity (Wildman–Crippen MR) is 153 cm³/mol. The third-order valence-electron chi connectivity index (χ3n) is 5.96. The van der Waals surface area contributed by atoms with Crippen LogP contribution in [0.4, 0.5) is 5.13 Å². The van der Waals surface area contributed by atoms with Crippen molar-refractivity contribution in [3.63, 3.8) is 0 Å². The Morgan fingerprint density at radius 1 is 1.14 bits per heavy atom. The zero-order valence-electron chi connectivity index (χ0n) is 23.5. The van der Waals surface area contributed by atoms with Gasteiger partial charge in [-0.3, -0.25) is 4.79 Å². The van der Waals surface area contributed by atoms with Gasteiger partial charge in [-0.1, -0.05) is 40.2 Å². The predicted octanol–water partition coefficient (Wildman–Crippen LogP) is 6.87. The number of hydrogen-bond acceptors (Lipinski definition) is 7. The van der Waals surface area contributed by atoms with Crippen molar-refractivity contribution in [1.82, 2.24) is 10.3 Å². The first-order chi connectivity index (χ1) is 17.3. The maximum atomic E-state index is 12.6. The lowest BCUT2D eigenvalue weighted by Gasteiger charge is -2.23. The van der Waals surface area contributed by atoms with Gasteiger partial charge in [0.15, 0.2) is 16.6 Å². The van der Waals surface area contributed by atoms with Crippen LogP contribution in [-0.2, 0) is 17.6 Å². The molecule has 2 aromatic rings. The molecule has 0 aliphatic carbocycles. The molecule has 1 aromatic heterocycles. The van der Waals surface area contributed by atoms with Crippen molar-refractivity contribution in [1.29, 1.82) is 0 Å².